The Labute approximate surface area is 152 Å². The van der Waals surface area contributed by atoms with Gasteiger partial charge in [0.15, 0.2) is 5.69 Å². The zero-order chi connectivity index (χ0) is 18.3. The number of fused-ring (bicyclic) bond motifs is 1. The third-order valence-electron chi connectivity index (χ3n) is 5.46. The molecule has 26 heavy (non-hydrogen) atoms. The smallest absolute Gasteiger partial charge is 0.326 e. The summed E-state index contributed by atoms with van der Waals surface area (Å²) >= 11 is 0. The number of aromatic nitrogens is 2. The molecule has 1 aliphatic carbocycles. The molecular weight excluding hydrogens is 330 g/mol. The van der Waals surface area contributed by atoms with Gasteiger partial charge in [0.25, 0.3) is 5.91 Å². The standard InChI is InChI=1S/C20H23N3O3/c1-13-8-10-14(11-9-13)23-16-7-4-5-15(16)18(21-23)19(24)22-12-3-2-6-17(22)20(25)26/h8-11,17H,2-7,12H2,1H3,(H,25,26). The fraction of sp³-hybridized carbons (Fsp3) is 0.450. The van der Waals surface area contributed by atoms with Gasteiger partial charge in [-0.15, -0.1) is 0 Å². The summed E-state index contributed by atoms with van der Waals surface area (Å²) in [5, 5.41) is 14.1. The van der Waals surface area contributed by atoms with Gasteiger partial charge < -0.3 is 10.0 Å². The van der Waals surface area contributed by atoms with Crippen molar-refractivity contribution in [2.75, 3.05) is 6.54 Å². The molecule has 2 aromatic rings. The Bertz CT molecular complexity index is 854. The van der Waals surface area contributed by atoms with Gasteiger partial charge in [-0.3, -0.25) is 4.79 Å². The molecule has 1 amide bonds. The van der Waals surface area contributed by atoms with E-state index in [4.69, 9.17) is 0 Å². The van der Waals surface area contributed by atoms with Crippen molar-refractivity contribution in [1.29, 1.82) is 0 Å². The molecule has 1 saturated heterocycles. The highest BCUT2D eigenvalue weighted by molar-refractivity contribution is 5.96. The number of carbonyl (C=O) groups excluding carboxylic acids is 1. The molecular formula is C20H23N3O3. The first-order valence-electron chi connectivity index (χ1n) is 9.28. The molecule has 0 spiro atoms. The SMILES string of the molecule is Cc1ccc(-n2nc(C(=O)N3CCCCC3C(=O)O)c3c2CCC3)cc1. The number of amides is 1. The topological polar surface area (TPSA) is 75.4 Å². The van der Waals surface area contributed by atoms with Gasteiger partial charge in [-0.05, 0) is 57.6 Å². The van der Waals surface area contributed by atoms with Crippen LogP contribution in [0.15, 0.2) is 24.3 Å². The Balaban J connectivity index is 1.73. The van der Waals surface area contributed by atoms with Crippen LogP contribution >= 0.6 is 0 Å². The maximum absolute atomic E-state index is 13.2. The summed E-state index contributed by atoms with van der Waals surface area (Å²) in [6, 6.07) is 7.35. The average molecular weight is 353 g/mol. The predicted octanol–water partition coefficient (Wildman–Crippen LogP) is 2.75. The summed E-state index contributed by atoms with van der Waals surface area (Å²) in [7, 11) is 0. The van der Waals surface area contributed by atoms with E-state index in [0.29, 0.717) is 18.7 Å². The summed E-state index contributed by atoms with van der Waals surface area (Å²) in [6.07, 6.45) is 4.93. The molecule has 1 fully saturated rings. The summed E-state index contributed by atoms with van der Waals surface area (Å²) < 4.78 is 1.87. The predicted molar refractivity (Wildman–Crippen MR) is 96.6 cm³/mol. The highest BCUT2D eigenvalue weighted by Crippen LogP contribution is 2.30. The second kappa shape index (κ2) is 6.59. The van der Waals surface area contributed by atoms with Crippen LogP contribution in [0.4, 0.5) is 0 Å². The molecule has 136 valence electrons. The number of hydrogen-bond acceptors (Lipinski definition) is 3. The lowest BCUT2D eigenvalue weighted by Gasteiger charge is -2.32. The van der Waals surface area contributed by atoms with Crippen LogP contribution in [0.2, 0.25) is 0 Å². The van der Waals surface area contributed by atoms with Crippen LogP contribution in [0.1, 0.15) is 53.0 Å². The van der Waals surface area contributed by atoms with Crippen LogP contribution in [0, 0.1) is 6.92 Å². The molecule has 0 saturated carbocycles. The summed E-state index contributed by atoms with van der Waals surface area (Å²) in [5.74, 6) is -1.16. The third kappa shape index (κ3) is 2.79. The van der Waals surface area contributed by atoms with Crippen molar-refractivity contribution in [3.63, 3.8) is 0 Å². The van der Waals surface area contributed by atoms with E-state index in [1.165, 1.54) is 10.5 Å². The molecule has 6 nitrogen and oxygen atoms in total. The van der Waals surface area contributed by atoms with E-state index in [9.17, 15) is 14.7 Å². The van der Waals surface area contributed by atoms with E-state index in [0.717, 1.165) is 49.0 Å². The number of benzene rings is 1. The Morgan fingerprint density at radius 2 is 1.88 bits per heavy atom. The first kappa shape index (κ1) is 16.8. The van der Waals surface area contributed by atoms with Gasteiger partial charge in [0.2, 0.25) is 0 Å². The second-order valence-corrected chi connectivity index (χ2v) is 7.22. The summed E-state index contributed by atoms with van der Waals surface area (Å²) in [6.45, 7) is 2.52. The molecule has 1 aromatic heterocycles. The maximum Gasteiger partial charge on any atom is 0.326 e. The normalized spacial score (nSPS) is 19.4. The molecule has 1 aliphatic heterocycles. The van der Waals surface area contributed by atoms with Crippen molar-refractivity contribution in [2.45, 2.75) is 51.5 Å². The second-order valence-electron chi connectivity index (χ2n) is 7.22. The van der Waals surface area contributed by atoms with E-state index in [1.54, 1.807) is 0 Å². The molecule has 1 unspecified atom stereocenters. The van der Waals surface area contributed by atoms with Gasteiger partial charge >= 0.3 is 5.97 Å². The van der Waals surface area contributed by atoms with Gasteiger partial charge in [0.05, 0.1) is 5.69 Å². The molecule has 1 N–H and O–H groups in total. The number of hydrogen-bond donors (Lipinski definition) is 1. The fourth-order valence-electron chi connectivity index (χ4n) is 4.08. The monoisotopic (exact) mass is 353 g/mol. The largest absolute Gasteiger partial charge is 0.480 e. The molecule has 2 aliphatic rings. The molecule has 1 atom stereocenters. The fourth-order valence-corrected chi connectivity index (χ4v) is 4.08. The number of carboxylic acids is 1. The van der Waals surface area contributed by atoms with E-state index in [2.05, 4.69) is 5.10 Å². The molecule has 2 heterocycles. The van der Waals surface area contributed by atoms with Gasteiger partial charge in [0.1, 0.15) is 6.04 Å². The Kier molecular flexibility index (Phi) is 4.26. The number of rotatable bonds is 3. The lowest BCUT2D eigenvalue weighted by Crippen LogP contribution is -2.48. The highest BCUT2D eigenvalue weighted by atomic mass is 16.4. The van der Waals surface area contributed by atoms with Crippen LogP contribution in [-0.4, -0.2) is 44.3 Å². The number of aryl methyl sites for hydroxylation is 1. The number of nitrogens with zero attached hydrogens (tertiary/aromatic N) is 3. The van der Waals surface area contributed by atoms with Crippen molar-refractivity contribution >= 4 is 11.9 Å². The molecule has 0 radical (unpaired) electrons. The van der Waals surface area contributed by atoms with Crippen LogP contribution in [0.25, 0.3) is 5.69 Å². The Hall–Kier alpha value is -2.63. The molecule has 6 heteroatoms. The lowest BCUT2D eigenvalue weighted by atomic mass is 10.0. The third-order valence-corrected chi connectivity index (χ3v) is 5.46. The Morgan fingerprint density at radius 1 is 1.12 bits per heavy atom. The van der Waals surface area contributed by atoms with Crippen molar-refractivity contribution < 1.29 is 14.7 Å². The van der Waals surface area contributed by atoms with Gasteiger partial charge in [-0.25, -0.2) is 9.48 Å². The number of piperidine rings is 1. The summed E-state index contributed by atoms with van der Waals surface area (Å²) in [5.41, 5.74) is 4.63. The van der Waals surface area contributed by atoms with E-state index < -0.39 is 12.0 Å². The van der Waals surface area contributed by atoms with Crippen LogP contribution < -0.4 is 0 Å². The zero-order valence-electron chi connectivity index (χ0n) is 14.9. The molecule has 0 bridgehead atoms. The minimum absolute atomic E-state index is 0.235. The molecule has 1 aromatic carbocycles. The number of carbonyl (C=O) groups is 2. The highest BCUT2D eigenvalue weighted by Gasteiger charge is 2.36. The van der Waals surface area contributed by atoms with E-state index >= 15 is 0 Å². The molecule has 4 rings (SSSR count). The van der Waals surface area contributed by atoms with Gasteiger partial charge in [-0.2, -0.15) is 5.10 Å². The van der Waals surface area contributed by atoms with Crippen molar-refractivity contribution in [2.24, 2.45) is 0 Å². The minimum Gasteiger partial charge on any atom is -0.480 e. The van der Waals surface area contributed by atoms with Gasteiger partial charge in [0, 0.05) is 17.8 Å². The van der Waals surface area contributed by atoms with Gasteiger partial charge in [-0.1, -0.05) is 17.7 Å². The van der Waals surface area contributed by atoms with E-state index in [1.807, 2.05) is 35.9 Å². The van der Waals surface area contributed by atoms with Crippen LogP contribution in [0.3, 0.4) is 0 Å². The first-order valence-corrected chi connectivity index (χ1v) is 9.28. The van der Waals surface area contributed by atoms with Crippen molar-refractivity contribution in [1.82, 2.24) is 14.7 Å². The van der Waals surface area contributed by atoms with E-state index in [-0.39, 0.29) is 5.91 Å². The maximum atomic E-state index is 13.2. The number of aliphatic carboxylic acids is 1. The average Bonchev–Trinajstić information content (AvgIpc) is 3.24. The van der Waals surface area contributed by atoms with Crippen LogP contribution in [-0.2, 0) is 17.6 Å². The van der Waals surface area contributed by atoms with Crippen molar-refractivity contribution in [3.05, 3.63) is 46.8 Å². The lowest BCUT2D eigenvalue weighted by molar-refractivity contribution is -0.143. The Morgan fingerprint density at radius 3 is 2.62 bits per heavy atom. The number of carboxylic acid groups (broad SMARTS) is 1. The first-order chi connectivity index (χ1) is 12.6. The zero-order valence-corrected chi connectivity index (χ0v) is 14.9. The summed E-state index contributed by atoms with van der Waals surface area (Å²) in [4.78, 5) is 26.2. The number of likely N-dealkylation sites (tertiary alicyclic amines) is 1. The van der Waals surface area contributed by atoms with Crippen molar-refractivity contribution in [3.8, 4) is 5.69 Å². The minimum atomic E-state index is -0.923. The van der Waals surface area contributed by atoms with Crippen LogP contribution in [0.5, 0.6) is 0 Å². The quantitative estimate of drug-likeness (QED) is 0.921.